The molecule has 0 bridgehead atoms. The van der Waals surface area contributed by atoms with E-state index in [-0.39, 0.29) is 24.3 Å². The summed E-state index contributed by atoms with van der Waals surface area (Å²) in [5.74, 6) is 5.23. The average Bonchev–Trinajstić information content (AvgIpc) is 2.70. The van der Waals surface area contributed by atoms with Gasteiger partial charge in [-0.3, -0.25) is 19.7 Å². The minimum atomic E-state index is -0.793. The van der Waals surface area contributed by atoms with E-state index in [2.05, 4.69) is 27.6 Å². The first-order valence-corrected chi connectivity index (χ1v) is 10.4. The Morgan fingerprint density at radius 3 is 2.81 bits per heavy atom. The molecule has 0 spiro atoms. The van der Waals surface area contributed by atoms with Crippen LogP contribution >= 0.6 is 0 Å². The lowest BCUT2D eigenvalue weighted by molar-refractivity contribution is -0.136. The van der Waals surface area contributed by atoms with E-state index in [1.807, 2.05) is 0 Å². The molecule has 0 radical (unpaired) electrons. The van der Waals surface area contributed by atoms with Crippen molar-refractivity contribution in [2.24, 2.45) is 0 Å². The van der Waals surface area contributed by atoms with Crippen LogP contribution in [0.3, 0.4) is 0 Å². The Bertz CT molecular complexity index is 1170. The number of benzene rings is 1. The number of fused-ring (bicyclic) bond motifs is 1. The van der Waals surface area contributed by atoms with E-state index in [9.17, 15) is 19.2 Å². The third kappa shape index (κ3) is 5.94. The molecule has 1 saturated heterocycles. The van der Waals surface area contributed by atoms with Crippen molar-refractivity contribution < 1.29 is 19.1 Å². The van der Waals surface area contributed by atoms with Gasteiger partial charge in [-0.15, -0.1) is 0 Å². The zero-order valence-corrected chi connectivity index (χ0v) is 18.4. The van der Waals surface area contributed by atoms with E-state index >= 15 is 0 Å². The summed E-state index contributed by atoms with van der Waals surface area (Å²) < 4.78 is 6.30. The number of carbonyl (C=O) groups excluding carboxylic acids is 3. The molecule has 168 valence electrons. The number of hydrogen-bond acceptors (Lipinski definition) is 6. The Morgan fingerprint density at radius 1 is 1.31 bits per heavy atom. The summed E-state index contributed by atoms with van der Waals surface area (Å²) in [6.45, 7) is 5.88. The van der Waals surface area contributed by atoms with Crippen LogP contribution in [0.1, 0.15) is 58.1 Å². The van der Waals surface area contributed by atoms with Gasteiger partial charge in [-0.2, -0.15) is 5.10 Å². The van der Waals surface area contributed by atoms with Gasteiger partial charge in [0.15, 0.2) is 0 Å². The Hall–Kier alpha value is -3.67. The summed E-state index contributed by atoms with van der Waals surface area (Å²) in [6.07, 6.45) is 2.76. The van der Waals surface area contributed by atoms with E-state index in [0.717, 1.165) is 10.2 Å². The summed E-state index contributed by atoms with van der Waals surface area (Å²) in [5.41, 5.74) is -0.179. The Labute approximate surface area is 185 Å². The second kappa shape index (κ2) is 9.64. The predicted molar refractivity (Wildman–Crippen MR) is 118 cm³/mol. The molecule has 9 nitrogen and oxygen atoms in total. The van der Waals surface area contributed by atoms with Crippen molar-refractivity contribution >= 4 is 28.7 Å². The molecular weight excluding hydrogens is 412 g/mol. The predicted octanol–water partition coefficient (Wildman–Crippen LogP) is 2.03. The summed E-state index contributed by atoms with van der Waals surface area (Å²) in [4.78, 5) is 47.8. The van der Waals surface area contributed by atoms with Crippen LogP contribution in [0, 0.1) is 11.8 Å². The van der Waals surface area contributed by atoms with Crippen LogP contribution in [0.2, 0.25) is 0 Å². The third-order valence-electron chi connectivity index (χ3n) is 4.70. The second-order valence-corrected chi connectivity index (χ2v) is 8.50. The fourth-order valence-corrected chi connectivity index (χ4v) is 3.23. The summed E-state index contributed by atoms with van der Waals surface area (Å²) in [5, 5.41) is 10.1. The molecule has 2 N–H and O–H groups in total. The van der Waals surface area contributed by atoms with E-state index < -0.39 is 23.6 Å². The molecule has 1 aromatic heterocycles. The van der Waals surface area contributed by atoms with Gasteiger partial charge in [0.2, 0.25) is 5.91 Å². The molecule has 1 atom stereocenters. The average molecular weight is 438 g/mol. The highest BCUT2D eigenvalue weighted by molar-refractivity contribution is 5.99. The number of piperidine rings is 1. The SMILES string of the molecule is CC(C)(C)OC(=O)NCCCC#Cc1ccc2c(=O)n(C3CCC(=O)NC3=O)ncc2c1. The summed E-state index contributed by atoms with van der Waals surface area (Å²) >= 11 is 0. The van der Waals surface area contributed by atoms with Gasteiger partial charge >= 0.3 is 6.09 Å². The fraction of sp³-hybridized carbons (Fsp3) is 0.435. The van der Waals surface area contributed by atoms with Crippen molar-refractivity contribution in [3.8, 4) is 11.8 Å². The van der Waals surface area contributed by atoms with E-state index in [1.165, 1.54) is 6.20 Å². The van der Waals surface area contributed by atoms with Gasteiger partial charge in [0.1, 0.15) is 11.6 Å². The Kier molecular flexibility index (Phi) is 6.93. The number of amides is 3. The maximum Gasteiger partial charge on any atom is 0.407 e. The monoisotopic (exact) mass is 438 g/mol. The molecule has 1 aromatic carbocycles. The van der Waals surface area contributed by atoms with Crippen molar-refractivity contribution in [2.75, 3.05) is 6.54 Å². The number of hydrogen-bond donors (Lipinski definition) is 2. The number of aromatic nitrogens is 2. The standard InChI is InChI=1S/C23H26N4O5/c1-23(2,3)32-22(31)24-12-6-4-5-7-15-8-9-17-16(13-15)14-25-27(21(17)30)18-10-11-19(28)26-20(18)29/h8-9,13-14,18H,4,6,10-12H2,1-3H3,(H,24,31)(H,26,28,29). The summed E-state index contributed by atoms with van der Waals surface area (Å²) in [7, 11) is 0. The largest absolute Gasteiger partial charge is 0.444 e. The molecule has 3 rings (SSSR count). The minimum Gasteiger partial charge on any atom is -0.444 e. The smallest absolute Gasteiger partial charge is 0.407 e. The lowest BCUT2D eigenvalue weighted by Gasteiger charge is -2.21. The molecule has 1 unspecified atom stereocenters. The number of nitrogens with one attached hydrogen (secondary N) is 2. The first kappa shape index (κ1) is 23.0. The van der Waals surface area contributed by atoms with E-state index in [0.29, 0.717) is 30.2 Å². The quantitative estimate of drug-likeness (QED) is 0.428. The van der Waals surface area contributed by atoms with Crippen LogP contribution in [-0.4, -0.2) is 39.8 Å². The molecule has 1 aliphatic heterocycles. The van der Waals surface area contributed by atoms with Crippen LogP contribution in [0.4, 0.5) is 4.79 Å². The van der Waals surface area contributed by atoms with Gasteiger partial charge in [0.25, 0.3) is 11.5 Å². The molecule has 1 fully saturated rings. The molecular formula is C23H26N4O5. The minimum absolute atomic E-state index is 0.171. The molecule has 3 amide bonds. The van der Waals surface area contributed by atoms with Gasteiger partial charge in [-0.05, 0) is 51.8 Å². The van der Waals surface area contributed by atoms with Gasteiger partial charge in [0.05, 0.1) is 11.6 Å². The fourth-order valence-electron chi connectivity index (χ4n) is 3.23. The molecule has 1 aliphatic rings. The maximum atomic E-state index is 12.8. The topological polar surface area (TPSA) is 119 Å². The Morgan fingerprint density at radius 2 is 2.09 bits per heavy atom. The van der Waals surface area contributed by atoms with Crippen molar-refractivity contribution in [3.63, 3.8) is 0 Å². The van der Waals surface area contributed by atoms with Crippen LogP contribution < -0.4 is 16.2 Å². The molecule has 0 saturated carbocycles. The molecule has 2 aromatic rings. The maximum absolute atomic E-state index is 12.8. The third-order valence-corrected chi connectivity index (χ3v) is 4.70. The van der Waals surface area contributed by atoms with Crippen molar-refractivity contribution in [3.05, 3.63) is 40.3 Å². The van der Waals surface area contributed by atoms with E-state index in [1.54, 1.807) is 39.0 Å². The Balaban J connectivity index is 1.61. The van der Waals surface area contributed by atoms with Gasteiger partial charge in [-0.1, -0.05) is 11.8 Å². The lowest BCUT2D eigenvalue weighted by atomic mass is 10.1. The van der Waals surface area contributed by atoms with Crippen LogP contribution in [0.25, 0.3) is 10.8 Å². The van der Waals surface area contributed by atoms with Crippen molar-refractivity contribution in [1.29, 1.82) is 0 Å². The number of carbonyl (C=O) groups is 3. The number of imide groups is 1. The highest BCUT2D eigenvalue weighted by Gasteiger charge is 2.29. The number of alkyl carbamates (subject to hydrolysis) is 1. The highest BCUT2D eigenvalue weighted by atomic mass is 16.6. The van der Waals surface area contributed by atoms with Crippen molar-refractivity contribution in [2.45, 2.75) is 58.1 Å². The van der Waals surface area contributed by atoms with E-state index in [4.69, 9.17) is 4.74 Å². The number of nitrogens with zero attached hydrogens (tertiary/aromatic N) is 2. The highest BCUT2D eigenvalue weighted by Crippen LogP contribution is 2.18. The molecule has 32 heavy (non-hydrogen) atoms. The summed E-state index contributed by atoms with van der Waals surface area (Å²) in [6, 6.07) is 4.38. The number of ether oxygens (including phenoxy) is 1. The molecule has 2 heterocycles. The van der Waals surface area contributed by atoms with Crippen LogP contribution in [0.15, 0.2) is 29.2 Å². The van der Waals surface area contributed by atoms with Gasteiger partial charge in [-0.25, -0.2) is 9.48 Å². The first-order chi connectivity index (χ1) is 15.1. The zero-order chi connectivity index (χ0) is 23.3. The van der Waals surface area contributed by atoms with Gasteiger partial charge in [0, 0.05) is 30.3 Å². The van der Waals surface area contributed by atoms with Gasteiger partial charge < -0.3 is 10.1 Å². The van der Waals surface area contributed by atoms with Crippen LogP contribution in [-0.2, 0) is 14.3 Å². The van der Waals surface area contributed by atoms with Crippen LogP contribution in [0.5, 0.6) is 0 Å². The lowest BCUT2D eigenvalue weighted by Crippen LogP contribution is -2.45. The normalized spacial score (nSPS) is 16.2. The number of rotatable bonds is 4. The molecule has 9 heteroatoms. The molecule has 0 aliphatic carbocycles. The second-order valence-electron chi connectivity index (χ2n) is 8.50. The first-order valence-electron chi connectivity index (χ1n) is 10.4. The van der Waals surface area contributed by atoms with Crippen molar-refractivity contribution in [1.82, 2.24) is 20.4 Å². The number of unbranched alkanes of at least 4 members (excludes halogenated alkanes) is 1. The zero-order valence-electron chi connectivity index (χ0n) is 18.4.